The van der Waals surface area contributed by atoms with Crippen molar-refractivity contribution in [3.63, 3.8) is 0 Å². The molecule has 8 atom stereocenters. The van der Waals surface area contributed by atoms with Gasteiger partial charge in [0.05, 0.1) is 38.9 Å². The molecule has 2 aliphatic heterocycles. The van der Waals surface area contributed by atoms with Gasteiger partial charge in [-0.1, -0.05) is 12.2 Å². The van der Waals surface area contributed by atoms with Gasteiger partial charge in [0.25, 0.3) is 5.56 Å². The average Bonchev–Trinajstić information content (AvgIpc) is 3.63. The highest BCUT2D eigenvalue weighted by atomic mass is 32.7. The first kappa shape index (κ1) is 31.5. The molecular weight excluding hydrogens is 615 g/mol. The molecule has 3 aromatic heterocycles. The van der Waals surface area contributed by atoms with E-state index in [1.54, 1.807) is 0 Å². The maximum atomic E-state index is 13.4. The lowest BCUT2D eigenvalue weighted by atomic mass is 10.1. The third kappa shape index (κ3) is 6.78. The molecule has 19 nitrogen and oxygen atoms in total. The van der Waals surface area contributed by atoms with E-state index in [1.807, 2.05) is 0 Å². The molecular formula is C22H31N8O11PS. The number of thiol groups is 1. The fourth-order valence-corrected chi connectivity index (χ4v) is 6.32. The van der Waals surface area contributed by atoms with E-state index >= 15 is 0 Å². The smallest absolute Gasteiger partial charge is 0.386 e. The van der Waals surface area contributed by atoms with Crippen LogP contribution in [0.25, 0.3) is 11.2 Å². The SMILES string of the molecule is COCCOC1[C@H](n2ccc(=O)[nH]c2=O)O[C@H](CO)[C@H]1OP(=O)(S)OC[C@H]1O[C@@H](n2cnc3c(N)nc(N)nc32)C[C@@H]1O. The molecule has 0 aliphatic carbocycles. The molecule has 5 rings (SSSR count). The van der Waals surface area contributed by atoms with Crippen LogP contribution in [-0.4, -0.2) is 103 Å². The summed E-state index contributed by atoms with van der Waals surface area (Å²) >= 11 is 4.08. The standard InChI is InChI=1S/C22H31N8O11PS/c1-36-4-5-37-17-16(11(7-31)40-20(17)29-3-2-13(33)26-22(29)34)41-42(35,43)38-8-12-10(32)6-14(39-12)30-9-25-15-18(23)27-21(24)28-19(15)30/h2-3,9-12,14,16-17,20,31-32H,4-8H2,1H3,(H,35,43)(H,26,33,34)(H4,23,24,27,28)/t10-,11+,12+,14+,16+,17?,20+,42?/m0/s1. The number of imidazole rings is 1. The first-order valence-electron chi connectivity index (χ1n) is 12.9. The van der Waals surface area contributed by atoms with Crippen molar-refractivity contribution in [2.75, 3.05) is 45.0 Å². The summed E-state index contributed by atoms with van der Waals surface area (Å²) in [6.07, 6.45) is -4.70. The quantitative estimate of drug-likeness (QED) is 0.0747. The van der Waals surface area contributed by atoms with Gasteiger partial charge in [-0.2, -0.15) is 9.97 Å². The van der Waals surface area contributed by atoms with Crippen molar-refractivity contribution in [1.29, 1.82) is 0 Å². The van der Waals surface area contributed by atoms with E-state index in [1.165, 1.54) is 24.2 Å². The molecule has 7 N–H and O–H groups in total. The van der Waals surface area contributed by atoms with Crippen LogP contribution in [0.3, 0.4) is 0 Å². The number of ether oxygens (including phenoxy) is 4. The van der Waals surface area contributed by atoms with Crippen molar-refractivity contribution in [1.82, 2.24) is 29.1 Å². The topological polar surface area (TPSA) is 263 Å². The highest BCUT2D eigenvalue weighted by Gasteiger charge is 2.50. The molecule has 21 heteroatoms. The van der Waals surface area contributed by atoms with E-state index in [0.29, 0.717) is 11.2 Å². The zero-order valence-electron chi connectivity index (χ0n) is 22.7. The molecule has 0 spiro atoms. The van der Waals surface area contributed by atoms with Gasteiger partial charge in [0.2, 0.25) is 5.95 Å². The van der Waals surface area contributed by atoms with Crippen LogP contribution >= 0.6 is 19.0 Å². The van der Waals surface area contributed by atoms with Gasteiger partial charge in [-0.25, -0.2) is 14.3 Å². The number of nitrogens with two attached hydrogens (primary N) is 2. The second-order valence-electron chi connectivity index (χ2n) is 9.65. The lowest BCUT2D eigenvalue weighted by molar-refractivity contribution is -0.0814. The van der Waals surface area contributed by atoms with Crippen LogP contribution in [0, 0.1) is 0 Å². The second-order valence-corrected chi connectivity index (χ2v) is 12.5. The molecule has 2 saturated heterocycles. The van der Waals surface area contributed by atoms with Crippen molar-refractivity contribution in [2.45, 2.75) is 49.4 Å². The largest absolute Gasteiger partial charge is 0.394 e. The number of aliphatic hydroxyl groups excluding tert-OH is 2. The number of rotatable bonds is 12. The predicted octanol–water partition coefficient (Wildman–Crippen LogP) is -1.45. The molecule has 0 bridgehead atoms. The highest BCUT2D eigenvalue weighted by Crippen LogP contribution is 2.56. The van der Waals surface area contributed by atoms with Gasteiger partial charge in [-0.3, -0.25) is 28.0 Å². The monoisotopic (exact) mass is 646 g/mol. The van der Waals surface area contributed by atoms with Gasteiger partial charge in [0.15, 0.2) is 17.7 Å². The fourth-order valence-electron chi connectivity index (χ4n) is 4.83. The molecule has 0 radical (unpaired) electrons. The van der Waals surface area contributed by atoms with Crippen LogP contribution in [-0.2, 0) is 32.6 Å². The number of nitrogens with one attached hydrogen (secondary N) is 1. The molecule has 0 saturated carbocycles. The summed E-state index contributed by atoms with van der Waals surface area (Å²) in [5.74, 6) is 0.0228. The Hall–Kier alpha value is -2.91. The molecule has 236 valence electrons. The predicted molar refractivity (Wildman–Crippen MR) is 150 cm³/mol. The number of methoxy groups -OCH3 is 1. The number of aliphatic hydroxyl groups is 2. The first-order chi connectivity index (χ1) is 20.5. The van der Waals surface area contributed by atoms with Gasteiger partial charge in [-0.15, -0.1) is 0 Å². The van der Waals surface area contributed by atoms with Gasteiger partial charge in [0.1, 0.15) is 36.2 Å². The second kappa shape index (κ2) is 13.0. The van der Waals surface area contributed by atoms with E-state index in [-0.39, 0.29) is 31.4 Å². The fraction of sp³-hybridized carbons (Fsp3) is 0.591. The summed E-state index contributed by atoms with van der Waals surface area (Å²) in [5, 5.41) is 20.6. The number of nitrogen functional groups attached to an aromatic ring is 2. The number of H-pyrrole nitrogens is 1. The number of anilines is 2. The number of hydrogen-bond donors (Lipinski definition) is 6. The van der Waals surface area contributed by atoms with Crippen LogP contribution in [0.15, 0.2) is 28.2 Å². The summed E-state index contributed by atoms with van der Waals surface area (Å²) < 4.78 is 49.7. The summed E-state index contributed by atoms with van der Waals surface area (Å²) in [7, 11) is 1.46. The Morgan fingerprint density at radius 3 is 2.70 bits per heavy atom. The van der Waals surface area contributed by atoms with Gasteiger partial charge in [-0.05, 0) is 0 Å². The average molecular weight is 647 g/mol. The van der Waals surface area contributed by atoms with E-state index in [4.69, 9.17) is 39.5 Å². The molecule has 43 heavy (non-hydrogen) atoms. The number of nitrogens with zero attached hydrogens (tertiary/aromatic N) is 5. The Kier molecular flexibility index (Phi) is 9.52. The maximum Gasteiger partial charge on any atom is 0.386 e. The molecule has 2 unspecified atom stereocenters. The third-order valence-electron chi connectivity index (χ3n) is 6.83. The van der Waals surface area contributed by atoms with E-state index < -0.39 is 74.2 Å². The Balaban J connectivity index is 1.28. The zero-order chi connectivity index (χ0) is 30.9. The van der Waals surface area contributed by atoms with Gasteiger partial charge in [0, 0.05) is 25.8 Å². The number of aromatic nitrogens is 6. The normalized spacial score (nSPS) is 28.9. The number of fused-ring (bicyclic) bond motifs is 1. The minimum atomic E-state index is -4.23. The molecule has 2 aliphatic rings. The molecule has 3 aromatic rings. The number of aromatic amines is 1. The van der Waals surface area contributed by atoms with Crippen molar-refractivity contribution in [3.8, 4) is 0 Å². The summed E-state index contributed by atoms with van der Waals surface area (Å²) in [5.41, 5.74) is 10.8. The van der Waals surface area contributed by atoms with E-state index in [2.05, 4.69) is 32.2 Å². The molecule has 5 heterocycles. The van der Waals surface area contributed by atoms with Gasteiger partial charge < -0.3 is 40.6 Å². The lowest BCUT2D eigenvalue weighted by Gasteiger charge is -2.27. The summed E-state index contributed by atoms with van der Waals surface area (Å²) in [4.78, 5) is 38.4. The molecule has 0 amide bonds. The van der Waals surface area contributed by atoms with Crippen molar-refractivity contribution >= 4 is 42.0 Å². The Morgan fingerprint density at radius 2 is 1.98 bits per heavy atom. The lowest BCUT2D eigenvalue weighted by Crippen LogP contribution is -2.40. The van der Waals surface area contributed by atoms with E-state index in [9.17, 15) is 24.4 Å². The zero-order valence-corrected chi connectivity index (χ0v) is 24.5. The van der Waals surface area contributed by atoms with Crippen LogP contribution in [0.5, 0.6) is 0 Å². The van der Waals surface area contributed by atoms with Crippen molar-refractivity contribution < 1.29 is 42.8 Å². The minimum Gasteiger partial charge on any atom is -0.394 e. The van der Waals surface area contributed by atoms with Crippen LogP contribution in [0.2, 0.25) is 0 Å². The Bertz CT molecular complexity index is 1600. The van der Waals surface area contributed by atoms with Crippen molar-refractivity contribution in [2.24, 2.45) is 0 Å². The van der Waals surface area contributed by atoms with E-state index in [0.717, 1.165) is 10.6 Å². The highest BCUT2D eigenvalue weighted by molar-refractivity contribution is 8.44. The maximum absolute atomic E-state index is 13.4. The summed E-state index contributed by atoms with van der Waals surface area (Å²) in [6, 6.07) is 1.11. The minimum absolute atomic E-state index is 0.0174. The summed E-state index contributed by atoms with van der Waals surface area (Å²) in [6.45, 7) is -5.07. The number of hydrogen-bond acceptors (Lipinski definition) is 16. The Morgan fingerprint density at radius 1 is 1.19 bits per heavy atom. The first-order valence-corrected chi connectivity index (χ1v) is 15.6. The van der Waals surface area contributed by atoms with Crippen molar-refractivity contribution in [3.05, 3.63) is 39.4 Å². The third-order valence-corrected chi connectivity index (χ3v) is 8.44. The van der Waals surface area contributed by atoms with Crippen LogP contribution in [0.1, 0.15) is 18.9 Å². The molecule has 0 aromatic carbocycles. The Labute approximate surface area is 247 Å². The molecule has 2 fully saturated rings. The van der Waals surface area contributed by atoms with Crippen LogP contribution < -0.4 is 22.7 Å². The van der Waals surface area contributed by atoms with Crippen LogP contribution in [0.4, 0.5) is 11.8 Å². The van der Waals surface area contributed by atoms with Gasteiger partial charge >= 0.3 is 12.5 Å².